The Bertz CT molecular complexity index is 177. The summed E-state index contributed by atoms with van der Waals surface area (Å²) in [5.41, 5.74) is 0.947. The highest BCUT2D eigenvalue weighted by Crippen LogP contribution is 2.11. The highest BCUT2D eigenvalue weighted by molar-refractivity contribution is 5.95. The van der Waals surface area contributed by atoms with Crippen LogP contribution in [0.5, 0.6) is 0 Å². The molecule has 0 saturated carbocycles. The molecule has 0 amide bonds. The SMILES string of the molecule is COC=C1C=CC(=O)C1. The first kappa shape index (κ1) is 6.08. The van der Waals surface area contributed by atoms with E-state index in [1.807, 2.05) is 0 Å². The smallest absolute Gasteiger partial charge is 0.160 e. The van der Waals surface area contributed by atoms with Gasteiger partial charge in [0.25, 0.3) is 0 Å². The lowest BCUT2D eigenvalue weighted by molar-refractivity contribution is -0.113. The van der Waals surface area contributed by atoms with Crippen LogP contribution < -0.4 is 0 Å². The molecule has 0 spiro atoms. The molecule has 0 N–H and O–H groups in total. The van der Waals surface area contributed by atoms with Crippen molar-refractivity contribution >= 4 is 5.78 Å². The molecule has 0 heterocycles. The second kappa shape index (κ2) is 2.49. The third-order valence-electron chi connectivity index (χ3n) is 1.13. The quantitative estimate of drug-likeness (QED) is 0.488. The molecule has 0 radical (unpaired) electrons. The number of hydrogen-bond acceptors (Lipinski definition) is 2. The van der Waals surface area contributed by atoms with Crippen molar-refractivity contribution in [2.24, 2.45) is 0 Å². The number of ketones is 1. The molecule has 1 rings (SSSR count). The van der Waals surface area contributed by atoms with Crippen LogP contribution in [0, 0.1) is 0 Å². The monoisotopic (exact) mass is 124 g/mol. The molecule has 0 bridgehead atoms. The Morgan fingerprint density at radius 2 is 2.44 bits per heavy atom. The average molecular weight is 124 g/mol. The van der Waals surface area contributed by atoms with Gasteiger partial charge >= 0.3 is 0 Å². The summed E-state index contributed by atoms with van der Waals surface area (Å²) in [5.74, 6) is 0.151. The molecule has 0 atom stereocenters. The number of hydrogen-bond donors (Lipinski definition) is 0. The van der Waals surface area contributed by atoms with Crippen molar-refractivity contribution in [2.75, 3.05) is 7.11 Å². The predicted molar refractivity (Wildman–Crippen MR) is 33.9 cm³/mol. The van der Waals surface area contributed by atoms with Gasteiger partial charge in [-0.15, -0.1) is 0 Å². The molecule has 48 valence electrons. The van der Waals surface area contributed by atoms with Crippen LogP contribution in [-0.2, 0) is 9.53 Å². The average Bonchev–Trinajstić information content (AvgIpc) is 2.17. The van der Waals surface area contributed by atoms with E-state index in [-0.39, 0.29) is 5.78 Å². The van der Waals surface area contributed by atoms with Crippen LogP contribution in [0.2, 0.25) is 0 Å². The van der Waals surface area contributed by atoms with Crippen LogP contribution in [0.1, 0.15) is 6.42 Å². The normalized spacial score (nSPS) is 21.4. The van der Waals surface area contributed by atoms with E-state index in [1.54, 1.807) is 25.5 Å². The van der Waals surface area contributed by atoms with Gasteiger partial charge in [0.15, 0.2) is 5.78 Å². The van der Waals surface area contributed by atoms with Gasteiger partial charge in [0.05, 0.1) is 13.4 Å². The van der Waals surface area contributed by atoms with E-state index < -0.39 is 0 Å². The summed E-state index contributed by atoms with van der Waals surface area (Å²) < 4.78 is 4.71. The van der Waals surface area contributed by atoms with Crippen LogP contribution >= 0.6 is 0 Å². The van der Waals surface area contributed by atoms with Gasteiger partial charge in [0.1, 0.15) is 0 Å². The summed E-state index contributed by atoms with van der Waals surface area (Å²) in [6, 6.07) is 0. The Hall–Kier alpha value is -1.05. The van der Waals surface area contributed by atoms with Crippen LogP contribution in [0.25, 0.3) is 0 Å². The fourth-order valence-corrected chi connectivity index (χ4v) is 0.751. The molecular weight excluding hydrogens is 116 g/mol. The molecular formula is C7H8O2. The number of methoxy groups -OCH3 is 1. The highest BCUT2D eigenvalue weighted by Gasteiger charge is 2.06. The van der Waals surface area contributed by atoms with Gasteiger partial charge in [-0.2, -0.15) is 0 Å². The lowest BCUT2D eigenvalue weighted by Crippen LogP contribution is -1.84. The summed E-state index contributed by atoms with van der Waals surface area (Å²) in [7, 11) is 1.57. The molecule has 0 aromatic carbocycles. The molecule has 0 unspecified atom stereocenters. The van der Waals surface area contributed by atoms with E-state index in [9.17, 15) is 4.79 Å². The lowest BCUT2D eigenvalue weighted by atomic mass is 10.2. The second-order valence-corrected chi connectivity index (χ2v) is 1.90. The van der Waals surface area contributed by atoms with Crippen molar-refractivity contribution in [3.8, 4) is 0 Å². The molecule has 0 aliphatic heterocycles. The van der Waals surface area contributed by atoms with E-state index in [0.29, 0.717) is 6.42 Å². The first-order valence-corrected chi connectivity index (χ1v) is 2.75. The fraction of sp³-hybridized carbons (Fsp3) is 0.286. The Kier molecular flexibility index (Phi) is 1.68. The first-order chi connectivity index (χ1) is 4.33. The maximum atomic E-state index is 10.5. The molecule has 1 aliphatic rings. The molecule has 2 heteroatoms. The Morgan fingerprint density at radius 1 is 1.67 bits per heavy atom. The third-order valence-corrected chi connectivity index (χ3v) is 1.13. The number of ether oxygens (including phenoxy) is 1. The summed E-state index contributed by atoms with van der Waals surface area (Å²) in [4.78, 5) is 10.5. The van der Waals surface area contributed by atoms with Gasteiger partial charge in [-0.05, 0) is 11.6 Å². The first-order valence-electron chi connectivity index (χ1n) is 2.75. The van der Waals surface area contributed by atoms with E-state index >= 15 is 0 Å². The van der Waals surface area contributed by atoms with Gasteiger partial charge in [-0.3, -0.25) is 4.79 Å². The standard InChI is InChI=1S/C7H8O2/c1-9-5-6-2-3-7(8)4-6/h2-3,5H,4H2,1H3. The zero-order chi connectivity index (χ0) is 6.69. The van der Waals surface area contributed by atoms with Gasteiger partial charge in [-0.25, -0.2) is 0 Å². The van der Waals surface area contributed by atoms with E-state index in [2.05, 4.69) is 0 Å². The molecule has 0 aromatic rings. The minimum absolute atomic E-state index is 0.151. The summed E-state index contributed by atoms with van der Waals surface area (Å²) >= 11 is 0. The van der Waals surface area contributed by atoms with Crippen LogP contribution in [-0.4, -0.2) is 12.9 Å². The van der Waals surface area contributed by atoms with Crippen molar-refractivity contribution in [3.05, 3.63) is 24.0 Å². The maximum Gasteiger partial charge on any atom is 0.160 e. The zero-order valence-electron chi connectivity index (χ0n) is 5.26. The number of rotatable bonds is 1. The van der Waals surface area contributed by atoms with E-state index in [4.69, 9.17) is 4.74 Å². The van der Waals surface area contributed by atoms with Gasteiger partial charge in [0.2, 0.25) is 0 Å². The molecule has 0 saturated heterocycles. The molecule has 1 aliphatic carbocycles. The molecule has 0 fully saturated rings. The van der Waals surface area contributed by atoms with Gasteiger partial charge in [-0.1, -0.05) is 6.08 Å². The van der Waals surface area contributed by atoms with Crippen LogP contribution in [0.15, 0.2) is 24.0 Å². The Balaban J connectivity index is 2.60. The van der Waals surface area contributed by atoms with E-state index in [0.717, 1.165) is 5.57 Å². The van der Waals surface area contributed by atoms with Crippen molar-refractivity contribution < 1.29 is 9.53 Å². The van der Waals surface area contributed by atoms with E-state index in [1.165, 1.54) is 0 Å². The topological polar surface area (TPSA) is 26.3 Å². The minimum atomic E-state index is 0.151. The molecule has 0 aromatic heterocycles. The highest BCUT2D eigenvalue weighted by atomic mass is 16.5. The Labute approximate surface area is 53.8 Å². The summed E-state index contributed by atoms with van der Waals surface area (Å²) in [5, 5.41) is 0. The Morgan fingerprint density at radius 3 is 2.89 bits per heavy atom. The van der Waals surface area contributed by atoms with Crippen LogP contribution in [0.4, 0.5) is 0 Å². The largest absolute Gasteiger partial charge is 0.504 e. The third kappa shape index (κ3) is 1.42. The van der Waals surface area contributed by atoms with Gasteiger partial charge in [0, 0.05) is 6.42 Å². The zero-order valence-corrected chi connectivity index (χ0v) is 5.26. The van der Waals surface area contributed by atoms with Crippen LogP contribution in [0.3, 0.4) is 0 Å². The summed E-state index contributed by atoms with van der Waals surface area (Å²) in [6.45, 7) is 0. The van der Waals surface area contributed by atoms with Crippen molar-refractivity contribution in [1.82, 2.24) is 0 Å². The number of carbonyl (C=O) groups excluding carboxylic acids is 1. The predicted octanol–water partition coefficient (Wildman–Crippen LogP) is 1.05. The van der Waals surface area contributed by atoms with Gasteiger partial charge < -0.3 is 4.74 Å². The maximum absolute atomic E-state index is 10.5. The fourth-order valence-electron chi connectivity index (χ4n) is 0.751. The minimum Gasteiger partial charge on any atom is -0.504 e. The van der Waals surface area contributed by atoms with Crippen molar-refractivity contribution in [2.45, 2.75) is 6.42 Å². The molecule has 2 nitrogen and oxygen atoms in total. The second-order valence-electron chi connectivity index (χ2n) is 1.90. The molecule has 9 heavy (non-hydrogen) atoms. The number of allylic oxidation sites excluding steroid dienone is 3. The van der Waals surface area contributed by atoms with Crippen molar-refractivity contribution in [1.29, 1.82) is 0 Å². The van der Waals surface area contributed by atoms with Crippen molar-refractivity contribution in [3.63, 3.8) is 0 Å². The lowest BCUT2D eigenvalue weighted by Gasteiger charge is -1.89. The number of carbonyl (C=O) groups is 1. The summed E-state index contributed by atoms with van der Waals surface area (Å²) in [6.07, 6.45) is 5.41.